The van der Waals surface area contributed by atoms with Gasteiger partial charge in [-0.25, -0.2) is 4.98 Å². The highest BCUT2D eigenvalue weighted by Crippen LogP contribution is 2.23. The summed E-state index contributed by atoms with van der Waals surface area (Å²) in [7, 11) is 0. The minimum Gasteiger partial charge on any atom is -0.494 e. The molecule has 0 saturated heterocycles. The molecule has 0 aliphatic rings. The predicted molar refractivity (Wildman–Crippen MR) is 74.0 cm³/mol. The summed E-state index contributed by atoms with van der Waals surface area (Å²) in [6, 6.07) is 9.59. The van der Waals surface area contributed by atoms with E-state index in [0.717, 1.165) is 17.0 Å². The van der Waals surface area contributed by atoms with Crippen LogP contribution >= 0.6 is 0 Å². The van der Waals surface area contributed by atoms with Crippen molar-refractivity contribution in [1.29, 1.82) is 0 Å². The summed E-state index contributed by atoms with van der Waals surface area (Å²) in [6.07, 6.45) is 3.77. The lowest BCUT2D eigenvalue weighted by Gasteiger charge is -2.03. The number of ether oxygens (including phenoxy) is 1. The molecule has 0 fully saturated rings. The molecular formula is C14H14N4O. The molecule has 2 aromatic heterocycles. The Balaban J connectivity index is 2.05. The normalized spacial score (nSPS) is 10.8. The van der Waals surface area contributed by atoms with E-state index < -0.39 is 0 Å². The zero-order valence-electron chi connectivity index (χ0n) is 10.6. The van der Waals surface area contributed by atoms with Crippen molar-refractivity contribution in [3.63, 3.8) is 0 Å². The fourth-order valence-electron chi connectivity index (χ4n) is 1.94. The predicted octanol–water partition coefficient (Wildman–Crippen LogP) is 2.38. The summed E-state index contributed by atoms with van der Waals surface area (Å²) in [4.78, 5) is 8.64. The van der Waals surface area contributed by atoms with Gasteiger partial charge < -0.3 is 10.5 Å². The zero-order chi connectivity index (χ0) is 13.2. The number of nitrogen functional groups attached to an aromatic ring is 1. The van der Waals surface area contributed by atoms with E-state index in [1.54, 1.807) is 6.07 Å². The first-order valence-electron chi connectivity index (χ1n) is 6.11. The topological polar surface area (TPSA) is 65.4 Å². The van der Waals surface area contributed by atoms with Gasteiger partial charge in [-0.05, 0) is 25.1 Å². The Kier molecular flexibility index (Phi) is 2.79. The van der Waals surface area contributed by atoms with E-state index in [1.807, 2.05) is 48.0 Å². The van der Waals surface area contributed by atoms with Crippen molar-refractivity contribution in [3.05, 3.63) is 42.7 Å². The molecule has 0 aliphatic carbocycles. The van der Waals surface area contributed by atoms with Crippen LogP contribution in [-0.2, 0) is 0 Å². The Labute approximate surface area is 110 Å². The first-order valence-corrected chi connectivity index (χ1v) is 6.11. The largest absolute Gasteiger partial charge is 0.494 e. The molecule has 0 bridgehead atoms. The first-order chi connectivity index (χ1) is 9.26. The van der Waals surface area contributed by atoms with Gasteiger partial charge in [-0.2, -0.15) is 4.98 Å². The molecule has 3 aromatic rings. The van der Waals surface area contributed by atoms with Crippen molar-refractivity contribution >= 4 is 11.6 Å². The van der Waals surface area contributed by atoms with Crippen LogP contribution in [0.3, 0.4) is 0 Å². The third kappa shape index (κ3) is 2.22. The maximum absolute atomic E-state index is 5.65. The van der Waals surface area contributed by atoms with Gasteiger partial charge in [0.2, 0.25) is 5.78 Å². The van der Waals surface area contributed by atoms with E-state index in [2.05, 4.69) is 9.97 Å². The van der Waals surface area contributed by atoms with Gasteiger partial charge in [0.05, 0.1) is 12.3 Å². The van der Waals surface area contributed by atoms with E-state index in [4.69, 9.17) is 10.5 Å². The van der Waals surface area contributed by atoms with Crippen LogP contribution in [0.2, 0.25) is 0 Å². The molecule has 0 atom stereocenters. The monoisotopic (exact) mass is 254 g/mol. The van der Waals surface area contributed by atoms with E-state index in [9.17, 15) is 0 Å². The molecule has 0 radical (unpaired) electrons. The number of aromatic nitrogens is 3. The third-order valence-electron chi connectivity index (χ3n) is 2.79. The number of nitrogens with zero attached hydrogens (tertiary/aromatic N) is 3. The molecule has 0 unspecified atom stereocenters. The summed E-state index contributed by atoms with van der Waals surface area (Å²) in [5, 5.41) is 0. The van der Waals surface area contributed by atoms with Crippen LogP contribution in [-0.4, -0.2) is 21.0 Å². The van der Waals surface area contributed by atoms with E-state index in [1.165, 1.54) is 0 Å². The second-order valence-electron chi connectivity index (χ2n) is 4.15. The first kappa shape index (κ1) is 11.5. The van der Waals surface area contributed by atoms with E-state index in [-0.39, 0.29) is 0 Å². The highest BCUT2D eigenvalue weighted by molar-refractivity contribution is 5.63. The summed E-state index contributed by atoms with van der Waals surface area (Å²) in [6.45, 7) is 2.61. The summed E-state index contributed by atoms with van der Waals surface area (Å²) < 4.78 is 7.34. The smallest absolute Gasteiger partial charge is 0.236 e. The number of imidazole rings is 1. The Morgan fingerprint density at radius 1 is 1.26 bits per heavy atom. The molecule has 1 aromatic carbocycles. The average Bonchev–Trinajstić information content (AvgIpc) is 2.82. The average molecular weight is 254 g/mol. The molecule has 2 heterocycles. The SMILES string of the molecule is CCOc1cccc(-c2cn3ccc(N)nc3n2)c1. The number of nitrogens with two attached hydrogens (primary N) is 1. The number of rotatable bonds is 3. The third-order valence-corrected chi connectivity index (χ3v) is 2.79. The Hall–Kier alpha value is -2.56. The fraction of sp³-hybridized carbons (Fsp3) is 0.143. The Morgan fingerprint density at radius 2 is 2.16 bits per heavy atom. The standard InChI is InChI=1S/C14H14N4O/c1-2-19-11-5-3-4-10(8-11)12-9-18-7-6-13(15)17-14(18)16-12/h3-9H,2H2,1H3,(H2,15,16,17). The number of benzene rings is 1. The number of fused-ring (bicyclic) bond motifs is 1. The maximum Gasteiger partial charge on any atom is 0.236 e. The van der Waals surface area contributed by atoms with Gasteiger partial charge in [-0.15, -0.1) is 0 Å². The fourth-order valence-corrected chi connectivity index (χ4v) is 1.94. The summed E-state index contributed by atoms with van der Waals surface area (Å²) >= 11 is 0. The van der Waals surface area contributed by atoms with Crippen molar-refractivity contribution in [1.82, 2.24) is 14.4 Å². The quantitative estimate of drug-likeness (QED) is 0.779. The highest BCUT2D eigenvalue weighted by Gasteiger charge is 2.06. The molecule has 0 aliphatic heterocycles. The van der Waals surface area contributed by atoms with Gasteiger partial charge >= 0.3 is 0 Å². The van der Waals surface area contributed by atoms with Crippen LogP contribution in [0.25, 0.3) is 17.0 Å². The lowest BCUT2D eigenvalue weighted by molar-refractivity contribution is 0.340. The number of anilines is 1. The van der Waals surface area contributed by atoms with Gasteiger partial charge in [0, 0.05) is 18.0 Å². The van der Waals surface area contributed by atoms with Gasteiger partial charge in [0.15, 0.2) is 0 Å². The van der Waals surface area contributed by atoms with Crippen molar-refractivity contribution in [2.45, 2.75) is 6.92 Å². The van der Waals surface area contributed by atoms with Crippen LogP contribution in [0.4, 0.5) is 5.82 Å². The lowest BCUT2D eigenvalue weighted by atomic mass is 10.1. The Morgan fingerprint density at radius 3 is 3.00 bits per heavy atom. The van der Waals surface area contributed by atoms with Crippen molar-refractivity contribution < 1.29 is 4.74 Å². The Bertz CT molecular complexity index is 720. The molecule has 5 nitrogen and oxygen atoms in total. The molecule has 0 spiro atoms. The molecule has 2 N–H and O–H groups in total. The molecule has 3 rings (SSSR count). The van der Waals surface area contributed by atoms with E-state index >= 15 is 0 Å². The second-order valence-corrected chi connectivity index (χ2v) is 4.15. The van der Waals surface area contributed by atoms with Crippen LogP contribution < -0.4 is 10.5 Å². The van der Waals surface area contributed by atoms with Crippen LogP contribution in [0.15, 0.2) is 42.7 Å². The zero-order valence-corrected chi connectivity index (χ0v) is 10.6. The van der Waals surface area contributed by atoms with Gasteiger partial charge in [-0.3, -0.25) is 4.40 Å². The van der Waals surface area contributed by atoms with Gasteiger partial charge in [0.25, 0.3) is 0 Å². The van der Waals surface area contributed by atoms with Crippen molar-refractivity contribution in [3.8, 4) is 17.0 Å². The minimum absolute atomic E-state index is 0.465. The molecule has 96 valence electrons. The number of hydrogen-bond donors (Lipinski definition) is 1. The molecule has 0 amide bonds. The van der Waals surface area contributed by atoms with Crippen LogP contribution in [0.5, 0.6) is 5.75 Å². The van der Waals surface area contributed by atoms with Crippen LogP contribution in [0, 0.1) is 0 Å². The van der Waals surface area contributed by atoms with Crippen molar-refractivity contribution in [2.75, 3.05) is 12.3 Å². The van der Waals surface area contributed by atoms with E-state index in [0.29, 0.717) is 18.2 Å². The highest BCUT2D eigenvalue weighted by atomic mass is 16.5. The number of hydrogen-bond acceptors (Lipinski definition) is 4. The molecule has 19 heavy (non-hydrogen) atoms. The summed E-state index contributed by atoms with van der Waals surface area (Å²) in [5.74, 6) is 1.90. The van der Waals surface area contributed by atoms with Crippen LogP contribution in [0.1, 0.15) is 6.92 Å². The molecule has 5 heteroatoms. The van der Waals surface area contributed by atoms with Gasteiger partial charge in [0.1, 0.15) is 11.6 Å². The maximum atomic E-state index is 5.65. The van der Waals surface area contributed by atoms with Gasteiger partial charge in [-0.1, -0.05) is 12.1 Å². The minimum atomic E-state index is 0.465. The lowest BCUT2D eigenvalue weighted by Crippen LogP contribution is -1.93. The molecular weight excluding hydrogens is 240 g/mol. The molecule has 0 saturated carbocycles. The summed E-state index contributed by atoms with van der Waals surface area (Å²) in [5.41, 5.74) is 7.49. The van der Waals surface area contributed by atoms with Crippen molar-refractivity contribution in [2.24, 2.45) is 0 Å². The second kappa shape index (κ2) is 4.61.